The van der Waals surface area contributed by atoms with E-state index in [4.69, 9.17) is 21.6 Å². The summed E-state index contributed by atoms with van der Waals surface area (Å²) in [6.07, 6.45) is -0.0517. The van der Waals surface area contributed by atoms with Crippen LogP contribution in [0.1, 0.15) is 30.5 Å². The van der Waals surface area contributed by atoms with Crippen LogP contribution in [-0.4, -0.2) is 33.4 Å². The fourth-order valence-corrected chi connectivity index (χ4v) is 7.36. The fraction of sp³-hybridized carbons (Fsp3) is 0.389. The molecule has 4 rings (SSSR count). The summed E-state index contributed by atoms with van der Waals surface area (Å²) in [5, 5.41) is 14.4. The lowest BCUT2D eigenvalue weighted by Crippen LogP contribution is -2.30. The van der Waals surface area contributed by atoms with E-state index in [-0.39, 0.29) is 5.82 Å². The van der Waals surface area contributed by atoms with Crippen LogP contribution < -0.4 is 5.30 Å². The van der Waals surface area contributed by atoms with E-state index < -0.39 is 6.42 Å². The highest BCUT2D eigenvalue weighted by Crippen LogP contribution is 2.57. The van der Waals surface area contributed by atoms with E-state index in [0.717, 1.165) is 36.9 Å². The maximum atomic E-state index is 13.4. The van der Waals surface area contributed by atoms with Gasteiger partial charge in [-0.25, -0.2) is 13.7 Å². The topological polar surface area (TPSA) is 66.4 Å². The summed E-state index contributed by atoms with van der Waals surface area (Å²) >= 11 is 6.13. The van der Waals surface area contributed by atoms with E-state index in [1.165, 1.54) is 12.1 Å². The minimum atomic E-state index is -2.56. The van der Waals surface area contributed by atoms with Gasteiger partial charge >= 0.3 is 0 Å². The lowest BCUT2D eigenvalue weighted by molar-refractivity contribution is 0.481. The molecule has 0 bridgehead atoms. The second kappa shape index (κ2) is 7.16. The van der Waals surface area contributed by atoms with Gasteiger partial charge in [-0.05, 0) is 55.8 Å². The smallest absolute Gasteiger partial charge is 0.227 e. The number of nitrogens with zero attached hydrogens (tertiary/aromatic N) is 5. The van der Waals surface area contributed by atoms with E-state index in [9.17, 15) is 4.39 Å². The molecule has 0 N–H and O–H groups in total. The van der Waals surface area contributed by atoms with Crippen molar-refractivity contribution in [3.8, 4) is 6.07 Å². The summed E-state index contributed by atoms with van der Waals surface area (Å²) in [4.78, 5) is 4.68. The second-order valence-electron chi connectivity index (χ2n) is 6.59. The highest BCUT2D eigenvalue weighted by atomic mass is 32.4. The van der Waals surface area contributed by atoms with E-state index in [0.29, 0.717) is 30.2 Å². The van der Waals surface area contributed by atoms with E-state index in [1.54, 1.807) is 16.8 Å². The Bertz CT molecular complexity index is 988. The zero-order valence-electron chi connectivity index (χ0n) is 14.9. The Balaban J connectivity index is 1.87. The quantitative estimate of drug-likeness (QED) is 0.733. The van der Waals surface area contributed by atoms with Crippen molar-refractivity contribution >= 4 is 35.2 Å². The first-order valence-electron chi connectivity index (χ1n) is 8.87. The number of nitriles is 1. The molecule has 1 fully saturated rings. The van der Waals surface area contributed by atoms with Gasteiger partial charge in [0.05, 0.1) is 24.7 Å². The Morgan fingerprint density at radius 3 is 2.67 bits per heavy atom. The van der Waals surface area contributed by atoms with E-state index in [2.05, 4.69) is 20.8 Å². The highest BCUT2D eigenvalue weighted by Gasteiger charge is 2.42. The zero-order chi connectivity index (χ0) is 19.0. The van der Waals surface area contributed by atoms with E-state index >= 15 is 0 Å². The van der Waals surface area contributed by atoms with Crippen LogP contribution in [0.2, 0.25) is 0 Å². The van der Waals surface area contributed by atoms with Gasteiger partial charge in [-0.3, -0.25) is 0 Å². The van der Waals surface area contributed by atoms with Crippen LogP contribution in [0.15, 0.2) is 29.3 Å². The molecule has 0 radical (unpaired) electrons. The van der Waals surface area contributed by atoms with Crippen molar-refractivity contribution in [2.24, 2.45) is 4.99 Å². The molecule has 0 aliphatic carbocycles. The number of benzene rings is 1. The SMILES string of the molecule is Cc1nn(CCC#N)c2c1P(=S)(N1CCCC1)OC(c1ccc(F)cc1)=N2. The van der Waals surface area contributed by atoms with E-state index in [1.807, 2.05) is 6.92 Å². The Morgan fingerprint density at radius 2 is 2.00 bits per heavy atom. The lowest BCUT2D eigenvalue weighted by Gasteiger charge is -2.34. The Hall–Kier alpha value is -2.07. The number of rotatable bonds is 4. The van der Waals surface area contributed by atoms with Crippen LogP contribution in [0.4, 0.5) is 10.2 Å². The van der Waals surface area contributed by atoms with Crippen molar-refractivity contribution in [2.75, 3.05) is 13.1 Å². The van der Waals surface area contributed by atoms with Crippen LogP contribution >= 0.6 is 6.42 Å². The summed E-state index contributed by atoms with van der Waals surface area (Å²) in [5.41, 5.74) is 1.49. The Labute approximate surface area is 162 Å². The van der Waals surface area contributed by atoms with Gasteiger partial charge in [-0.1, -0.05) is 0 Å². The number of aliphatic imine (C=N–C) groups is 1. The molecule has 0 saturated carbocycles. The van der Waals surface area contributed by atoms with Gasteiger partial charge in [0.2, 0.25) is 12.3 Å². The molecule has 0 spiro atoms. The van der Waals surface area contributed by atoms with Crippen molar-refractivity contribution in [1.82, 2.24) is 14.5 Å². The van der Waals surface area contributed by atoms with Crippen molar-refractivity contribution in [2.45, 2.75) is 32.7 Å². The number of halogens is 1. The number of aromatic nitrogens is 2. The maximum Gasteiger partial charge on any atom is 0.227 e. The van der Waals surface area contributed by atoms with Gasteiger partial charge in [0, 0.05) is 18.7 Å². The summed E-state index contributed by atoms with van der Waals surface area (Å²) < 4.78 is 23.7. The van der Waals surface area contributed by atoms with Crippen molar-refractivity contribution in [3.05, 3.63) is 41.3 Å². The van der Waals surface area contributed by atoms with Crippen molar-refractivity contribution in [3.63, 3.8) is 0 Å². The number of hydrogen-bond donors (Lipinski definition) is 0. The monoisotopic (exact) mass is 403 g/mol. The average molecular weight is 403 g/mol. The van der Waals surface area contributed by atoms with Gasteiger partial charge in [0.25, 0.3) is 0 Å². The Kier molecular flexibility index (Phi) is 4.85. The predicted molar refractivity (Wildman–Crippen MR) is 106 cm³/mol. The molecule has 1 unspecified atom stereocenters. The molecule has 1 aromatic carbocycles. The summed E-state index contributed by atoms with van der Waals surface area (Å²) in [6.45, 7) is 4.13. The molecule has 2 aliphatic heterocycles. The molecule has 2 aromatic rings. The van der Waals surface area contributed by atoms with Crippen molar-refractivity contribution in [1.29, 1.82) is 5.26 Å². The molecule has 27 heavy (non-hydrogen) atoms. The first-order valence-corrected chi connectivity index (χ1v) is 11.5. The number of aryl methyl sites for hydroxylation is 2. The second-order valence-corrected chi connectivity index (χ2v) is 10.3. The molecule has 6 nitrogen and oxygen atoms in total. The van der Waals surface area contributed by atoms with Crippen LogP contribution in [0.25, 0.3) is 0 Å². The zero-order valence-corrected chi connectivity index (χ0v) is 16.6. The predicted octanol–water partition coefficient (Wildman–Crippen LogP) is 3.38. The van der Waals surface area contributed by atoms with Crippen molar-refractivity contribution < 1.29 is 8.91 Å². The minimum Gasteiger partial charge on any atom is -0.431 e. The fourth-order valence-electron chi connectivity index (χ4n) is 3.47. The van der Waals surface area contributed by atoms with Gasteiger partial charge in [0.1, 0.15) is 11.1 Å². The molecule has 3 heterocycles. The molecular weight excluding hydrogens is 384 g/mol. The molecule has 9 heteroatoms. The first kappa shape index (κ1) is 18.3. The third kappa shape index (κ3) is 3.20. The molecule has 140 valence electrons. The number of fused-ring (bicyclic) bond motifs is 1. The summed E-state index contributed by atoms with van der Waals surface area (Å²) in [7, 11) is 0. The summed E-state index contributed by atoms with van der Waals surface area (Å²) in [5.74, 6) is 0.754. The molecular formula is C18H19FN5OPS. The average Bonchev–Trinajstić information content (AvgIpc) is 3.30. The molecule has 1 aromatic heterocycles. The summed E-state index contributed by atoms with van der Waals surface area (Å²) in [6, 6.07) is 8.20. The van der Waals surface area contributed by atoms with Crippen LogP contribution in [0, 0.1) is 24.1 Å². The normalized spacial score (nSPS) is 22.0. The van der Waals surface area contributed by atoms with Gasteiger partial charge in [-0.2, -0.15) is 15.4 Å². The molecule has 1 saturated heterocycles. The lowest BCUT2D eigenvalue weighted by atomic mass is 10.2. The first-order chi connectivity index (χ1) is 13.0. The standard InChI is InChI=1S/C18H19FN5OPS/c1-13-16-17(24(22-13)12-4-9-20)21-18(14-5-7-15(19)8-6-14)25-26(16,27)23-10-2-3-11-23/h5-8H,2-4,10-12H2,1H3. The molecule has 2 aliphatic rings. The van der Waals surface area contributed by atoms with Crippen LogP contribution in [0.5, 0.6) is 0 Å². The Morgan fingerprint density at radius 1 is 1.30 bits per heavy atom. The third-order valence-corrected chi connectivity index (χ3v) is 8.87. The minimum absolute atomic E-state index is 0.315. The largest absolute Gasteiger partial charge is 0.431 e. The van der Waals surface area contributed by atoms with Gasteiger partial charge in [-0.15, -0.1) is 0 Å². The highest BCUT2D eigenvalue weighted by molar-refractivity contribution is 8.15. The van der Waals surface area contributed by atoms with Crippen LogP contribution in [0.3, 0.4) is 0 Å². The maximum absolute atomic E-state index is 13.4. The van der Waals surface area contributed by atoms with Crippen LogP contribution in [-0.2, 0) is 22.9 Å². The molecule has 1 atom stereocenters. The van der Waals surface area contributed by atoms with Gasteiger partial charge < -0.3 is 4.52 Å². The number of hydrogen-bond acceptors (Lipinski definition) is 5. The molecule has 0 amide bonds. The third-order valence-electron chi connectivity index (χ3n) is 4.75. The van der Waals surface area contributed by atoms with Gasteiger partial charge in [0.15, 0.2) is 5.82 Å².